The van der Waals surface area contributed by atoms with Crippen molar-refractivity contribution in [1.29, 1.82) is 0 Å². The molecule has 0 amide bonds. The minimum absolute atomic E-state index is 0.0899. The maximum atomic E-state index is 14.0. The van der Waals surface area contributed by atoms with E-state index in [0.717, 1.165) is 23.0 Å². The SMILES string of the molecule is Fc1cccc(-c2nn3c(-c4ccc5c(c4)OCO5)nnc3s2)c1F. The molecular weight excluding hydrogens is 350 g/mol. The molecule has 0 unspecified atom stereocenters. The van der Waals surface area contributed by atoms with Gasteiger partial charge in [0.15, 0.2) is 34.0 Å². The van der Waals surface area contributed by atoms with Crippen molar-refractivity contribution >= 4 is 16.3 Å². The molecule has 3 heterocycles. The number of halogens is 2. The van der Waals surface area contributed by atoms with Crippen LogP contribution in [-0.4, -0.2) is 26.6 Å². The molecule has 1 aliphatic heterocycles. The van der Waals surface area contributed by atoms with Crippen LogP contribution in [0, 0.1) is 11.6 Å². The first kappa shape index (κ1) is 14.3. The summed E-state index contributed by atoms with van der Waals surface area (Å²) in [6.45, 7) is 0.174. The Labute approximate surface area is 143 Å². The van der Waals surface area contributed by atoms with Gasteiger partial charge in [0.25, 0.3) is 0 Å². The lowest BCUT2D eigenvalue weighted by Crippen LogP contribution is -1.93. The Hall–Kier alpha value is -3.07. The summed E-state index contributed by atoms with van der Waals surface area (Å²) in [7, 11) is 0. The molecular formula is C16H8F2N4O2S. The van der Waals surface area contributed by atoms with Crippen LogP contribution in [0.2, 0.25) is 0 Å². The summed E-state index contributed by atoms with van der Waals surface area (Å²) in [6.07, 6.45) is 0. The van der Waals surface area contributed by atoms with Crippen LogP contribution in [0.1, 0.15) is 0 Å². The van der Waals surface area contributed by atoms with E-state index in [1.54, 1.807) is 12.1 Å². The summed E-state index contributed by atoms with van der Waals surface area (Å²) in [5.74, 6) is -0.102. The molecule has 0 N–H and O–H groups in total. The Morgan fingerprint density at radius 3 is 2.84 bits per heavy atom. The molecule has 25 heavy (non-hydrogen) atoms. The third kappa shape index (κ3) is 2.16. The van der Waals surface area contributed by atoms with E-state index >= 15 is 0 Å². The topological polar surface area (TPSA) is 61.5 Å². The van der Waals surface area contributed by atoms with Crippen molar-refractivity contribution in [3.63, 3.8) is 0 Å². The maximum absolute atomic E-state index is 14.0. The van der Waals surface area contributed by atoms with Crippen molar-refractivity contribution in [1.82, 2.24) is 19.8 Å². The molecule has 9 heteroatoms. The molecule has 2 aromatic carbocycles. The second-order valence-corrected chi connectivity index (χ2v) is 6.25. The summed E-state index contributed by atoms with van der Waals surface area (Å²) in [4.78, 5) is 0.478. The molecule has 0 radical (unpaired) electrons. The first-order valence-electron chi connectivity index (χ1n) is 7.27. The number of nitrogens with zero attached hydrogens (tertiary/aromatic N) is 4. The van der Waals surface area contributed by atoms with E-state index in [0.29, 0.717) is 27.3 Å². The maximum Gasteiger partial charge on any atom is 0.235 e. The van der Waals surface area contributed by atoms with Gasteiger partial charge < -0.3 is 9.47 Å². The van der Waals surface area contributed by atoms with Crippen molar-refractivity contribution < 1.29 is 18.3 Å². The van der Waals surface area contributed by atoms with Gasteiger partial charge in [-0.1, -0.05) is 17.4 Å². The van der Waals surface area contributed by atoms with E-state index in [-0.39, 0.29) is 12.4 Å². The Morgan fingerprint density at radius 2 is 1.92 bits per heavy atom. The summed E-state index contributed by atoms with van der Waals surface area (Å²) in [5.41, 5.74) is 0.820. The largest absolute Gasteiger partial charge is 0.454 e. The van der Waals surface area contributed by atoms with Gasteiger partial charge in [0.1, 0.15) is 0 Å². The zero-order chi connectivity index (χ0) is 17.0. The Morgan fingerprint density at radius 1 is 1.04 bits per heavy atom. The summed E-state index contributed by atoms with van der Waals surface area (Å²) in [5, 5.41) is 12.9. The molecule has 0 fully saturated rings. The molecule has 4 aromatic rings. The number of benzene rings is 2. The standard InChI is InChI=1S/C16H8F2N4O2S/c17-10-3-1-2-9(13(10)18)15-21-22-14(19-20-16(22)25-15)8-4-5-11-12(6-8)24-7-23-11/h1-6H,7H2. The normalized spacial score (nSPS) is 12.9. The quantitative estimate of drug-likeness (QED) is 0.549. The van der Waals surface area contributed by atoms with Crippen LogP contribution in [0.25, 0.3) is 26.9 Å². The Balaban J connectivity index is 1.64. The fourth-order valence-electron chi connectivity index (χ4n) is 2.61. The predicted octanol–water partition coefficient (Wildman–Crippen LogP) is 3.53. The molecule has 0 saturated carbocycles. The van der Waals surface area contributed by atoms with Crippen molar-refractivity contribution in [3.05, 3.63) is 48.0 Å². The smallest absolute Gasteiger partial charge is 0.235 e. The minimum atomic E-state index is -0.933. The average molecular weight is 358 g/mol. The van der Waals surface area contributed by atoms with E-state index in [1.807, 2.05) is 6.07 Å². The van der Waals surface area contributed by atoms with Crippen LogP contribution in [0.5, 0.6) is 11.5 Å². The first-order chi connectivity index (χ1) is 12.2. The van der Waals surface area contributed by atoms with Crippen LogP contribution in [-0.2, 0) is 0 Å². The lowest BCUT2D eigenvalue weighted by atomic mass is 10.2. The van der Waals surface area contributed by atoms with Crippen LogP contribution in [0.15, 0.2) is 36.4 Å². The molecule has 0 atom stereocenters. The lowest BCUT2D eigenvalue weighted by molar-refractivity contribution is 0.174. The fourth-order valence-corrected chi connectivity index (χ4v) is 3.47. The van der Waals surface area contributed by atoms with Gasteiger partial charge in [-0.25, -0.2) is 8.78 Å². The number of aromatic nitrogens is 4. The number of hydrogen-bond acceptors (Lipinski definition) is 6. The third-order valence-electron chi connectivity index (χ3n) is 3.80. The molecule has 6 nitrogen and oxygen atoms in total. The van der Waals surface area contributed by atoms with Gasteiger partial charge in [0, 0.05) is 5.56 Å². The second-order valence-electron chi connectivity index (χ2n) is 5.29. The second kappa shape index (κ2) is 5.21. The van der Waals surface area contributed by atoms with Crippen LogP contribution in [0.4, 0.5) is 8.78 Å². The molecule has 2 aromatic heterocycles. The van der Waals surface area contributed by atoms with Crippen LogP contribution < -0.4 is 9.47 Å². The number of rotatable bonds is 2. The van der Waals surface area contributed by atoms with Gasteiger partial charge in [0.2, 0.25) is 11.8 Å². The van der Waals surface area contributed by atoms with E-state index in [9.17, 15) is 8.78 Å². The van der Waals surface area contributed by atoms with Crippen molar-refractivity contribution in [3.8, 4) is 33.5 Å². The van der Waals surface area contributed by atoms with E-state index in [1.165, 1.54) is 16.6 Å². The summed E-state index contributed by atoms with van der Waals surface area (Å²) in [6, 6.07) is 9.35. The van der Waals surface area contributed by atoms with Crippen molar-refractivity contribution in [2.75, 3.05) is 6.79 Å². The summed E-state index contributed by atoms with van der Waals surface area (Å²) < 4.78 is 39.6. The summed E-state index contributed by atoms with van der Waals surface area (Å²) >= 11 is 1.13. The molecule has 0 bridgehead atoms. The molecule has 0 aliphatic carbocycles. The molecule has 124 valence electrons. The molecule has 1 aliphatic rings. The number of hydrogen-bond donors (Lipinski definition) is 0. The molecule has 5 rings (SSSR count). The predicted molar refractivity (Wildman–Crippen MR) is 85.6 cm³/mol. The number of ether oxygens (including phenoxy) is 2. The van der Waals surface area contributed by atoms with Gasteiger partial charge >= 0.3 is 0 Å². The highest BCUT2D eigenvalue weighted by Gasteiger charge is 2.20. The molecule has 0 saturated heterocycles. The Kier molecular flexibility index (Phi) is 2.98. The highest BCUT2D eigenvalue weighted by Crippen LogP contribution is 2.36. The monoisotopic (exact) mass is 358 g/mol. The van der Waals surface area contributed by atoms with Crippen molar-refractivity contribution in [2.45, 2.75) is 0 Å². The molecule has 0 spiro atoms. The van der Waals surface area contributed by atoms with Gasteiger partial charge in [-0.15, -0.1) is 10.2 Å². The lowest BCUT2D eigenvalue weighted by Gasteiger charge is -2.00. The zero-order valence-electron chi connectivity index (χ0n) is 12.4. The van der Waals surface area contributed by atoms with E-state index < -0.39 is 11.6 Å². The number of fused-ring (bicyclic) bond motifs is 2. The average Bonchev–Trinajstić information content (AvgIpc) is 3.31. The van der Waals surface area contributed by atoms with Gasteiger partial charge in [0.05, 0.1) is 5.56 Å². The minimum Gasteiger partial charge on any atom is -0.454 e. The third-order valence-corrected chi connectivity index (χ3v) is 4.74. The fraction of sp³-hybridized carbons (Fsp3) is 0.0625. The van der Waals surface area contributed by atoms with E-state index in [2.05, 4.69) is 15.3 Å². The van der Waals surface area contributed by atoms with Crippen molar-refractivity contribution in [2.24, 2.45) is 0 Å². The van der Waals surface area contributed by atoms with Gasteiger partial charge in [-0.2, -0.15) is 9.61 Å². The van der Waals surface area contributed by atoms with E-state index in [4.69, 9.17) is 9.47 Å². The zero-order valence-corrected chi connectivity index (χ0v) is 13.3. The van der Waals surface area contributed by atoms with Gasteiger partial charge in [-0.05, 0) is 30.3 Å². The first-order valence-corrected chi connectivity index (χ1v) is 8.09. The highest BCUT2D eigenvalue weighted by molar-refractivity contribution is 7.19. The van der Waals surface area contributed by atoms with Crippen LogP contribution >= 0.6 is 11.3 Å². The highest BCUT2D eigenvalue weighted by atomic mass is 32.1. The van der Waals surface area contributed by atoms with Crippen LogP contribution in [0.3, 0.4) is 0 Å². The Bertz CT molecular complexity index is 1120. The van der Waals surface area contributed by atoms with Gasteiger partial charge in [-0.3, -0.25) is 0 Å².